The Morgan fingerprint density at radius 3 is 2.31 bits per heavy atom. The Hall–Kier alpha value is -2.53. The largest absolute Gasteiger partial charge is 0.431 e. The summed E-state index contributed by atoms with van der Waals surface area (Å²) in [5.41, 5.74) is 2.77. The quantitative estimate of drug-likeness (QED) is 0.640. The zero-order chi connectivity index (χ0) is 17.9. The third kappa shape index (κ3) is 3.83. The van der Waals surface area contributed by atoms with Crippen molar-refractivity contribution in [2.24, 2.45) is 0 Å². The Morgan fingerprint density at radius 2 is 1.69 bits per heavy atom. The van der Waals surface area contributed by atoms with E-state index in [9.17, 15) is 4.79 Å². The Kier molecular flexibility index (Phi) is 4.80. The zero-order valence-corrected chi connectivity index (χ0v) is 15.3. The molecule has 1 aliphatic carbocycles. The predicted molar refractivity (Wildman–Crippen MR) is 104 cm³/mol. The van der Waals surface area contributed by atoms with Gasteiger partial charge in [-0.15, -0.1) is 0 Å². The molecule has 1 N–H and O–H groups in total. The Bertz CT molecular complexity index is 832. The summed E-state index contributed by atoms with van der Waals surface area (Å²) in [5, 5.41) is 3.30. The average Bonchev–Trinajstić information content (AvgIpc) is 3.39. The molecule has 1 fully saturated rings. The van der Waals surface area contributed by atoms with Gasteiger partial charge in [0.05, 0.1) is 5.25 Å². The van der Waals surface area contributed by atoms with Crippen LogP contribution < -0.4 is 5.32 Å². The van der Waals surface area contributed by atoms with Crippen LogP contribution in [-0.4, -0.2) is 22.2 Å². The van der Waals surface area contributed by atoms with Gasteiger partial charge in [0.15, 0.2) is 5.76 Å². The molecule has 1 aromatic heterocycles. The maximum absolute atomic E-state index is 12.2. The minimum atomic E-state index is -0.249. The number of rotatable bonds is 6. The van der Waals surface area contributed by atoms with Crippen molar-refractivity contribution in [3.8, 4) is 22.6 Å². The molecule has 1 aliphatic rings. The number of nitrogens with one attached hydrogen (secondary N) is 1. The smallest absolute Gasteiger partial charge is 0.257 e. The molecular weight excluding hydrogens is 344 g/mol. The highest BCUT2D eigenvalue weighted by Crippen LogP contribution is 2.36. The lowest BCUT2D eigenvalue weighted by molar-refractivity contribution is -0.120. The molecule has 0 aliphatic heterocycles. The van der Waals surface area contributed by atoms with Crippen molar-refractivity contribution in [2.45, 2.75) is 36.3 Å². The molecule has 4 nitrogen and oxygen atoms in total. The Morgan fingerprint density at radius 1 is 1.08 bits per heavy atom. The van der Waals surface area contributed by atoms with Crippen molar-refractivity contribution < 1.29 is 9.21 Å². The third-order valence-corrected chi connectivity index (χ3v) is 5.21. The van der Waals surface area contributed by atoms with E-state index in [1.807, 2.05) is 67.6 Å². The van der Waals surface area contributed by atoms with Crippen molar-refractivity contribution >= 4 is 17.7 Å². The summed E-state index contributed by atoms with van der Waals surface area (Å²) >= 11 is 1.36. The summed E-state index contributed by atoms with van der Waals surface area (Å²) in [5.74, 6) is 0.771. The number of hydrogen-bond acceptors (Lipinski definition) is 4. The fourth-order valence-corrected chi connectivity index (χ4v) is 3.43. The van der Waals surface area contributed by atoms with Gasteiger partial charge >= 0.3 is 0 Å². The van der Waals surface area contributed by atoms with E-state index in [1.165, 1.54) is 11.8 Å². The van der Waals surface area contributed by atoms with E-state index in [2.05, 4.69) is 5.32 Å². The first-order chi connectivity index (χ1) is 12.7. The SMILES string of the molecule is C[C@H](Sc1nc(-c2ccccc2)c(-c2ccccc2)o1)C(=O)NC1CC1. The zero-order valence-electron chi connectivity index (χ0n) is 14.5. The minimum absolute atomic E-state index is 0.0400. The second-order valence-corrected chi connectivity index (χ2v) is 7.72. The van der Waals surface area contributed by atoms with Gasteiger partial charge in [-0.3, -0.25) is 4.79 Å². The van der Waals surface area contributed by atoms with Crippen molar-refractivity contribution in [3.63, 3.8) is 0 Å². The van der Waals surface area contributed by atoms with Crippen molar-refractivity contribution in [2.75, 3.05) is 0 Å². The molecule has 0 saturated heterocycles. The fraction of sp³-hybridized carbons (Fsp3) is 0.238. The van der Waals surface area contributed by atoms with Crippen LogP contribution in [0.5, 0.6) is 0 Å². The van der Waals surface area contributed by atoms with Gasteiger partial charge in [0.25, 0.3) is 5.22 Å². The number of carbonyl (C=O) groups is 1. The fourth-order valence-electron chi connectivity index (χ4n) is 2.68. The second-order valence-electron chi connectivity index (χ2n) is 6.43. The molecule has 5 heteroatoms. The van der Waals surface area contributed by atoms with Gasteiger partial charge in [-0.1, -0.05) is 72.4 Å². The lowest BCUT2D eigenvalue weighted by Gasteiger charge is -2.08. The first-order valence-corrected chi connectivity index (χ1v) is 9.67. The third-order valence-electron chi connectivity index (χ3n) is 4.26. The molecule has 1 amide bonds. The maximum atomic E-state index is 12.2. The van der Waals surface area contributed by atoms with E-state index >= 15 is 0 Å². The highest BCUT2D eigenvalue weighted by Gasteiger charge is 2.27. The molecule has 1 saturated carbocycles. The van der Waals surface area contributed by atoms with Crippen LogP contribution >= 0.6 is 11.8 Å². The molecule has 0 spiro atoms. The van der Waals surface area contributed by atoms with Crippen LogP contribution in [0.3, 0.4) is 0 Å². The summed E-state index contributed by atoms with van der Waals surface area (Å²) < 4.78 is 6.07. The molecule has 0 bridgehead atoms. The highest BCUT2D eigenvalue weighted by atomic mass is 32.2. The average molecular weight is 364 g/mol. The predicted octanol–water partition coefficient (Wildman–Crippen LogP) is 4.77. The summed E-state index contributed by atoms with van der Waals surface area (Å²) in [4.78, 5) is 16.9. The van der Waals surface area contributed by atoms with Gasteiger partial charge in [0.1, 0.15) is 5.69 Å². The molecule has 0 radical (unpaired) electrons. The minimum Gasteiger partial charge on any atom is -0.431 e. The van der Waals surface area contributed by atoms with Crippen LogP contribution in [0.1, 0.15) is 19.8 Å². The number of oxazole rings is 1. The molecule has 26 heavy (non-hydrogen) atoms. The van der Waals surface area contributed by atoms with Crippen LogP contribution in [0.4, 0.5) is 0 Å². The van der Waals surface area contributed by atoms with E-state index in [4.69, 9.17) is 9.40 Å². The Balaban J connectivity index is 1.63. The van der Waals surface area contributed by atoms with Crippen LogP contribution in [0, 0.1) is 0 Å². The monoisotopic (exact) mass is 364 g/mol. The number of carbonyl (C=O) groups excluding carboxylic acids is 1. The topological polar surface area (TPSA) is 55.1 Å². The number of benzene rings is 2. The molecule has 4 rings (SSSR count). The number of hydrogen-bond donors (Lipinski definition) is 1. The molecule has 3 aromatic rings. The first-order valence-electron chi connectivity index (χ1n) is 8.79. The van der Waals surface area contributed by atoms with E-state index in [0.717, 1.165) is 35.4 Å². The normalized spacial score (nSPS) is 14.8. The Labute approximate surface area is 157 Å². The van der Waals surface area contributed by atoms with Gasteiger partial charge in [-0.05, 0) is 19.8 Å². The van der Waals surface area contributed by atoms with Crippen molar-refractivity contribution in [1.29, 1.82) is 0 Å². The van der Waals surface area contributed by atoms with E-state index in [0.29, 0.717) is 11.3 Å². The van der Waals surface area contributed by atoms with Gasteiger partial charge in [0, 0.05) is 17.2 Å². The van der Waals surface area contributed by atoms with Crippen molar-refractivity contribution in [3.05, 3.63) is 60.7 Å². The van der Waals surface area contributed by atoms with Crippen LogP contribution in [0.25, 0.3) is 22.6 Å². The molecule has 0 unspecified atom stereocenters. The maximum Gasteiger partial charge on any atom is 0.257 e. The van der Waals surface area contributed by atoms with Crippen LogP contribution in [0.15, 0.2) is 70.3 Å². The summed E-state index contributed by atoms with van der Waals surface area (Å²) in [6.45, 7) is 1.89. The lowest BCUT2D eigenvalue weighted by Crippen LogP contribution is -2.32. The van der Waals surface area contributed by atoms with Gasteiger partial charge < -0.3 is 9.73 Å². The summed E-state index contributed by atoms with van der Waals surface area (Å²) in [6, 6.07) is 20.3. The van der Waals surface area contributed by atoms with Gasteiger partial charge in [0.2, 0.25) is 5.91 Å². The molecule has 1 atom stereocenters. The second kappa shape index (κ2) is 7.38. The first kappa shape index (κ1) is 16.9. The van der Waals surface area contributed by atoms with E-state index in [1.54, 1.807) is 0 Å². The standard InChI is InChI=1S/C21H20N2O2S/c1-14(20(24)22-17-12-13-17)26-21-23-18(15-8-4-2-5-9-15)19(25-21)16-10-6-3-7-11-16/h2-11,14,17H,12-13H2,1H3,(H,22,24)/t14-/m0/s1. The van der Waals surface area contributed by atoms with Crippen LogP contribution in [0.2, 0.25) is 0 Å². The summed E-state index contributed by atoms with van der Waals surface area (Å²) in [7, 11) is 0. The summed E-state index contributed by atoms with van der Waals surface area (Å²) in [6.07, 6.45) is 2.16. The molecular formula is C21H20N2O2S. The van der Waals surface area contributed by atoms with Gasteiger partial charge in [-0.2, -0.15) is 0 Å². The van der Waals surface area contributed by atoms with Crippen molar-refractivity contribution in [1.82, 2.24) is 10.3 Å². The molecule has 132 valence electrons. The number of amides is 1. The lowest BCUT2D eigenvalue weighted by atomic mass is 10.1. The van der Waals surface area contributed by atoms with Crippen LogP contribution in [-0.2, 0) is 4.79 Å². The van der Waals surface area contributed by atoms with E-state index < -0.39 is 0 Å². The molecule has 1 heterocycles. The number of nitrogens with zero attached hydrogens (tertiary/aromatic N) is 1. The van der Waals surface area contributed by atoms with Gasteiger partial charge in [-0.25, -0.2) is 4.98 Å². The van der Waals surface area contributed by atoms with E-state index in [-0.39, 0.29) is 11.2 Å². The number of thioether (sulfide) groups is 1. The number of aromatic nitrogens is 1. The molecule has 2 aromatic carbocycles. The highest BCUT2D eigenvalue weighted by molar-refractivity contribution is 8.00.